The van der Waals surface area contributed by atoms with E-state index in [0.717, 1.165) is 0 Å². The Hall–Kier alpha value is -1.81. The molecular weight excluding hydrogens is 223 g/mol. The maximum atomic E-state index is 12.6. The molecule has 4 heteroatoms. The molecule has 90 valence electrons. The van der Waals surface area contributed by atoms with Gasteiger partial charge in [-0.1, -0.05) is 0 Å². The third-order valence-electron chi connectivity index (χ3n) is 2.35. The lowest BCUT2D eigenvalue weighted by molar-refractivity contribution is 0.118. The van der Waals surface area contributed by atoms with E-state index in [-0.39, 0.29) is 5.82 Å². The summed E-state index contributed by atoms with van der Waals surface area (Å²) >= 11 is 0. The van der Waals surface area contributed by atoms with Gasteiger partial charge in [0.25, 0.3) is 0 Å². The van der Waals surface area contributed by atoms with Gasteiger partial charge < -0.3 is 14.3 Å². The first-order valence-corrected chi connectivity index (χ1v) is 5.35. The number of hydrogen-bond donors (Lipinski definition) is 1. The van der Waals surface area contributed by atoms with Crippen LogP contribution >= 0.6 is 0 Å². The maximum Gasteiger partial charge on any atom is 0.132 e. The quantitative estimate of drug-likeness (QED) is 0.867. The van der Waals surface area contributed by atoms with E-state index in [0.29, 0.717) is 24.5 Å². The van der Waals surface area contributed by atoms with Crippen LogP contribution in [0.2, 0.25) is 0 Å². The highest BCUT2D eigenvalue weighted by Gasteiger charge is 2.10. The summed E-state index contributed by atoms with van der Waals surface area (Å²) in [4.78, 5) is 0. The minimum atomic E-state index is -0.676. The molecule has 0 bridgehead atoms. The van der Waals surface area contributed by atoms with Crippen molar-refractivity contribution in [3.63, 3.8) is 0 Å². The fraction of sp³-hybridized carbons (Fsp3) is 0.231. The molecule has 0 aliphatic carbocycles. The summed E-state index contributed by atoms with van der Waals surface area (Å²) < 4.78 is 23.0. The van der Waals surface area contributed by atoms with Crippen LogP contribution in [0.5, 0.6) is 5.75 Å². The van der Waals surface area contributed by atoms with Crippen molar-refractivity contribution in [1.82, 2.24) is 0 Å². The number of rotatable bonds is 5. The normalized spacial score (nSPS) is 12.4. The van der Waals surface area contributed by atoms with Gasteiger partial charge >= 0.3 is 0 Å². The minimum absolute atomic E-state index is 0.298. The second-order valence-corrected chi connectivity index (χ2v) is 3.62. The number of hydrogen-bond acceptors (Lipinski definition) is 3. The summed E-state index contributed by atoms with van der Waals surface area (Å²) in [5.74, 6) is 0.804. The van der Waals surface area contributed by atoms with Gasteiger partial charge in [0.05, 0.1) is 12.9 Å². The summed E-state index contributed by atoms with van der Waals surface area (Å²) in [6.07, 6.45) is 1.26. The summed E-state index contributed by atoms with van der Waals surface area (Å²) in [5.41, 5.74) is 0. The fourth-order valence-corrected chi connectivity index (χ4v) is 1.44. The van der Waals surface area contributed by atoms with Crippen LogP contribution < -0.4 is 4.74 Å². The molecule has 2 aromatic rings. The van der Waals surface area contributed by atoms with Crippen LogP contribution in [0.25, 0.3) is 0 Å². The summed E-state index contributed by atoms with van der Waals surface area (Å²) in [6.45, 7) is 0.341. The highest BCUT2D eigenvalue weighted by atomic mass is 19.1. The largest absolute Gasteiger partial charge is 0.493 e. The summed E-state index contributed by atoms with van der Waals surface area (Å²) in [5, 5.41) is 9.70. The number of furan rings is 1. The molecule has 0 aliphatic heterocycles. The van der Waals surface area contributed by atoms with Crippen molar-refractivity contribution >= 4 is 0 Å². The first-order valence-electron chi connectivity index (χ1n) is 5.35. The predicted octanol–water partition coefficient (Wildman–Crippen LogP) is 2.92. The number of ether oxygens (including phenoxy) is 1. The zero-order chi connectivity index (χ0) is 12.1. The topological polar surface area (TPSA) is 42.6 Å². The highest BCUT2D eigenvalue weighted by molar-refractivity contribution is 5.22. The van der Waals surface area contributed by atoms with Gasteiger partial charge in [0.15, 0.2) is 0 Å². The standard InChI is InChI=1S/C13H13FO3/c14-10-3-5-11(6-4-10)16-9-7-12(15)13-2-1-8-17-13/h1-6,8,12,15H,7,9H2. The average Bonchev–Trinajstić information content (AvgIpc) is 2.85. The molecule has 0 amide bonds. The van der Waals surface area contributed by atoms with E-state index in [1.54, 1.807) is 24.3 Å². The number of halogens is 1. The van der Waals surface area contributed by atoms with Crippen molar-refractivity contribution < 1.29 is 18.7 Å². The van der Waals surface area contributed by atoms with Gasteiger partial charge in [0.1, 0.15) is 23.4 Å². The highest BCUT2D eigenvalue weighted by Crippen LogP contribution is 2.18. The van der Waals surface area contributed by atoms with Crippen molar-refractivity contribution in [1.29, 1.82) is 0 Å². The number of aliphatic hydroxyl groups is 1. The maximum absolute atomic E-state index is 12.6. The van der Waals surface area contributed by atoms with Crippen molar-refractivity contribution in [2.24, 2.45) is 0 Å². The van der Waals surface area contributed by atoms with E-state index in [9.17, 15) is 9.50 Å². The Balaban J connectivity index is 1.78. The minimum Gasteiger partial charge on any atom is -0.493 e. The number of aliphatic hydroxyl groups excluding tert-OH is 1. The van der Waals surface area contributed by atoms with Crippen molar-refractivity contribution in [2.75, 3.05) is 6.61 Å². The second-order valence-electron chi connectivity index (χ2n) is 3.62. The SMILES string of the molecule is OC(CCOc1ccc(F)cc1)c1ccco1. The van der Waals surface area contributed by atoms with Crippen LogP contribution in [-0.2, 0) is 0 Å². The van der Waals surface area contributed by atoms with Crippen LogP contribution in [-0.4, -0.2) is 11.7 Å². The lowest BCUT2D eigenvalue weighted by Gasteiger charge is -2.09. The molecule has 3 nitrogen and oxygen atoms in total. The Morgan fingerprint density at radius 2 is 2.00 bits per heavy atom. The van der Waals surface area contributed by atoms with Crippen molar-refractivity contribution in [3.05, 3.63) is 54.2 Å². The van der Waals surface area contributed by atoms with Gasteiger partial charge in [-0.25, -0.2) is 4.39 Å². The molecule has 1 heterocycles. The molecule has 1 aromatic heterocycles. The van der Waals surface area contributed by atoms with E-state index in [1.807, 2.05) is 0 Å². The van der Waals surface area contributed by atoms with E-state index >= 15 is 0 Å². The predicted molar refractivity (Wildman–Crippen MR) is 60.2 cm³/mol. The average molecular weight is 236 g/mol. The van der Waals surface area contributed by atoms with Gasteiger partial charge in [-0.05, 0) is 36.4 Å². The fourth-order valence-electron chi connectivity index (χ4n) is 1.44. The Labute approximate surface area is 98.5 Å². The van der Waals surface area contributed by atoms with E-state index < -0.39 is 6.10 Å². The Morgan fingerprint density at radius 1 is 1.24 bits per heavy atom. The molecule has 0 fully saturated rings. The number of benzene rings is 1. The Morgan fingerprint density at radius 3 is 2.65 bits per heavy atom. The monoisotopic (exact) mass is 236 g/mol. The molecule has 0 saturated carbocycles. The molecule has 0 saturated heterocycles. The van der Waals surface area contributed by atoms with Crippen LogP contribution in [0, 0.1) is 5.82 Å². The Bertz CT molecular complexity index is 436. The van der Waals surface area contributed by atoms with Gasteiger partial charge in [-0.15, -0.1) is 0 Å². The summed E-state index contributed by atoms with van der Waals surface area (Å²) in [7, 11) is 0. The van der Waals surface area contributed by atoms with Gasteiger partial charge in [0.2, 0.25) is 0 Å². The van der Waals surface area contributed by atoms with E-state index in [4.69, 9.17) is 9.15 Å². The second kappa shape index (κ2) is 5.50. The van der Waals surface area contributed by atoms with Crippen molar-refractivity contribution in [2.45, 2.75) is 12.5 Å². The first kappa shape index (κ1) is 11.7. The Kier molecular flexibility index (Phi) is 3.77. The lowest BCUT2D eigenvalue weighted by atomic mass is 10.2. The summed E-state index contributed by atoms with van der Waals surface area (Å²) in [6, 6.07) is 9.20. The molecule has 1 aromatic carbocycles. The molecule has 17 heavy (non-hydrogen) atoms. The van der Waals surface area contributed by atoms with Gasteiger partial charge in [-0.3, -0.25) is 0 Å². The van der Waals surface area contributed by atoms with Crippen LogP contribution in [0.15, 0.2) is 47.1 Å². The zero-order valence-electron chi connectivity index (χ0n) is 9.17. The lowest BCUT2D eigenvalue weighted by Crippen LogP contribution is -2.04. The molecule has 2 rings (SSSR count). The molecule has 1 atom stereocenters. The van der Waals surface area contributed by atoms with Crippen LogP contribution in [0.3, 0.4) is 0 Å². The van der Waals surface area contributed by atoms with Gasteiger partial charge in [0, 0.05) is 6.42 Å². The molecule has 1 N–H and O–H groups in total. The van der Waals surface area contributed by atoms with E-state index in [1.165, 1.54) is 18.4 Å². The van der Waals surface area contributed by atoms with Crippen molar-refractivity contribution in [3.8, 4) is 5.75 Å². The molecule has 1 unspecified atom stereocenters. The first-order chi connectivity index (χ1) is 8.25. The van der Waals surface area contributed by atoms with E-state index in [2.05, 4.69) is 0 Å². The molecule has 0 radical (unpaired) electrons. The zero-order valence-corrected chi connectivity index (χ0v) is 9.17. The van der Waals surface area contributed by atoms with Crippen LogP contribution in [0.1, 0.15) is 18.3 Å². The third kappa shape index (κ3) is 3.32. The molecule has 0 spiro atoms. The molecule has 0 aliphatic rings. The third-order valence-corrected chi connectivity index (χ3v) is 2.35. The smallest absolute Gasteiger partial charge is 0.132 e. The molecular formula is C13H13FO3. The van der Waals surface area contributed by atoms with Gasteiger partial charge in [-0.2, -0.15) is 0 Å². The van der Waals surface area contributed by atoms with Crippen LogP contribution in [0.4, 0.5) is 4.39 Å².